The van der Waals surface area contributed by atoms with Gasteiger partial charge in [0.15, 0.2) is 0 Å². The van der Waals surface area contributed by atoms with Gasteiger partial charge in [-0.05, 0) is 0 Å². The minimum Gasteiger partial charge on any atom is -0.303 e. The van der Waals surface area contributed by atoms with Gasteiger partial charge < -0.3 is 14.7 Å². The molecule has 0 saturated carbocycles. The summed E-state index contributed by atoms with van der Waals surface area (Å²) in [7, 11) is -4.64. The van der Waals surface area contributed by atoms with Gasteiger partial charge in [-0.2, -0.15) is 0 Å². The summed E-state index contributed by atoms with van der Waals surface area (Å²) in [5.41, 5.74) is 0. The van der Waals surface area contributed by atoms with Crippen molar-refractivity contribution in [2.24, 2.45) is 0 Å². The molecule has 4 nitrogen and oxygen atoms in total. The second-order valence-corrected chi connectivity index (χ2v) is 1.54. The van der Waals surface area contributed by atoms with E-state index in [1.54, 1.807) is 0 Å². The van der Waals surface area contributed by atoms with Crippen LogP contribution in [0.5, 0.6) is 0 Å². The van der Waals surface area contributed by atoms with Crippen molar-refractivity contribution in [2.75, 3.05) is 0 Å². The SMILES string of the molecule is C.O=P(O)(O)O.[Co].[Ni]. The van der Waals surface area contributed by atoms with Crippen LogP contribution in [-0.4, -0.2) is 14.7 Å². The molecule has 0 spiro atoms. The zero-order chi connectivity index (χ0) is 4.50. The molecule has 0 rings (SSSR count). The van der Waals surface area contributed by atoms with Crippen LogP contribution >= 0.6 is 7.82 Å². The standard InChI is InChI=1S/CH4.Co.Ni.H3O4P/c;;;1-5(2,3)4/h1H4;;;(H3,1,2,3,4). The molecule has 0 saturated heterocycles. The number of hydrogen-bond acceptors (Lipinski definition) is 1. The summed E-state index contributed by atoms with van der Waals surface area (Å²) >= 11 is 0. The monoisotopic (exact) mass is 231 g/mol. The van der Waals surface area contributed by atoms with Gasteiger partial charge in [-0.1, -0.05) is 7.43 Å². The second kappa shape index (κ2) is 8.11. The first-order chi connectivity index (χ1) is 2.00. The maximum absolute atomic E-state index is 8.88. The average Bonchev–Trinajstić information content (AvgIpc) is 0.722. The van der Waals surface area contributed by atoms with Crippen molar-refractivity contribution >= 4 is 7.82 Å². The molecule has 0 atom stereocenters. The van der Waals surface area contributed by atoms with Gasteiger partial charge in [0.05, 0.1) is 0 Å². The molecule has 0 fully saturated rings. The smallest absolute Gasteiger partial charge is 0.303 e. The normalized spacial score (nSPS) is 7.38. The van der Waals surface area contributed by atoms with Crippen molar-refractivity contribution in [3.05, 3.63) is 0 Å². The molecule has 3 N–H and O–H groups in total. The Labute approximate surface area is 68.0 Å². The molecule has 7 heteroatoms. The van der Waals surface area contributed by atoms with Gasteiger partial charge in [-0.15, -0.1) is 0 Å². The predicted octanol–water partition coefficient (Wildman–Crippen LogP) is -0.298. The third-order valence-electron chi connectivity index (χ3n) is 0. The summed E-state index contributed by atoms with van der Waals surface area (Å²) in [6, 6.07) is 0. The fourth-order valence-corrected chi connectivity index (χ4v) is 0. The van der Waals surface area contributed by atoms with Crippen molar-refractivity contribution in [3.63, 3.8) is 0 Å². The molecule has 0 bridgehead atoms. The summed E-state index contributed by atoms with van der Waals surface area (Å²) < 4.78 is 8.88. The molecule has 0 amide bonds. The molecule has 0 aromatic carbocycles. The number of rotatable bonds is 0. The third kappa shape index (κ3) is 215. The van der Waals surface area contributed by atoms with E-state index in [0.717, 1.165) is 0 Å². The van der Waals surface area contributed by atoms with Gasteiger partial charge in [0.2, 0.25) is 0 Å². The minimum atomic E-state index is -4.64. The van der Waals surface area contributed by atoms with Crippen LogP contribution in [0.2, 0.25) is 0 Å². The van der Waals surface area contributed by atoms with Crippen molar-refractivity contribution < 1.29 is 52.5 Å². The van der Waals surface area contributed by atoms with Crippen molar-refractivity contribution in [1.82, 2.24) is 0 Å². The molecule has 0 aliphatic carbocycles. The van der Waals surface area contributed by atoms with E-state index in [0.29, 0.717) is 0 Å². The van der Waals surface area contributed by atoms with Gasteiger partial charge in [0, 0.05) is 33.3 Å². The van der Waals surface area contributed by atoms with E-state index in [-0.39, 0.29) is 40.7 Å². The van der Waals surface area contributed by atoms with E-state index in [2.05, 4.69) is 0 Å². The zero-order valence-corrected chi connectivity index (χ0v) is 5.77. The molecule has 1 radical (unpaired) electrons. The Kier molecular flexibility index (Phi) is 23.3. The topological polar surface area (TPSA) is 77.8 Å². The van der Waals surface area contributed by atoms with Crippen LogP contribution in [0.15, 0.2) is 0 Å². The number of phosphoric acid groups is 1. The van der Waals surface area contributed by atoms with E-state index in [1.807, 2.05) is 0 Å². The fourth-order valence-electron chi connectivity index (χ4n) is 0. The summed E-state index contributed by atoms with van der Waals surface area (Å²) in [5.74, 6) is 0. The fraction of sp³-hybridized carbons (Fsp3) is 1.00. The Hall–Kier alpha value is 1.11. The van der Waals surface area contributed by atoms with Crippen LogP contribution < -0.4 is 0 Å². The first-order valence-electron chi connectivity index (χ1n) is 0.783. The van der Waals surface area contributed by atoms with Crippen LogP contribution in [0, 0.1) is 0 Å². The maximum atomic E-state index is 8.88. The molecule has 0 aliphatic heterocycles. The largest absolute Gasteiger partial charge is 0.466 e. The molecular formula is CH7CoNiO4P. The van der Waals surface area contributed by atoms with Crippen LogP contribution in [0.1, 0.15) is 7.43 Å². The van der Waals surface area contributed by atoms with Crippen molar-refractivity contribution in [2.45, 2.75) is 7.43 Å². The Bertz CT molecular complexity index is 62.2. The molecule has 8 heavy (non-hydrogen) atoms. The van der Waals surface area contributed by atoms with E-state index < -0.39 is 7.82 Å². The minimum absolute atomic E-state index is 0. The van der Waals surface area contributed by atoms with Gasteiger partial charge in [-0.25, -0.2) is 4.57 Å². The first kappa shape index (κ1) is 22.9. The first-order valence-corrected chi connectivity index (χ1v) is 2.35. The van der Waals surface area contributed by atoms with Gasteiger partial charge in [0.1, 0.15) is 0 Å². The van der Waals surface area contributed by atoms with Gasteiger partial charge in [-0.3, -0.25) is 0 Å². The number of hydrogen-bond donors (Lipinski definition) is 3. The van der Waals surface area contributed by atoms with Crippen LogP contribution in [0.25, 0.3) is 0 Å². The predicted molar refractivity (Wildman–Crippen MR) is 21.0 cm³/mol. The maximum Gasteiger partial charge on any atom is 0.466 e. The summed E-state index contributed by atoms with van der Waals surface area (Å²) in [5, 5.41) is 0. The van der Waals surface area contributed by atoms with E-state index in [4.69, 9.17) is 19.2 Å². The second-order valence-electron chi connectivity index (χ2n) is 0.513. The van der Waals surface area contributed by atoms with Gasteiger partial charge >= 0.3 is 7.82 Å². The molecule has 0 aromatic heterocycles. The van der Waals surface area contributed by atoms with E-state index in [1.165, 1.54) is 0 Å². The quantitative estimate of drug-likeness (QED) is 0.395. The molecule has 0 unspecified atom stereocenters. The molecule has 0 aliphatic rings. The molecule has 0 aromatic rings. The zero-order valence-electron chi connectivity index (χ0n) is 2.85. The average molecular weight is 232 g/mol. The summed E-state index contributed by atoms with van der Waals surface area (Å²) in [6.45, 7) is 0. The van der Waals surface area contributed by atoms with Crippen LogP contribution in [0.3, 0.4) is 0 Å². The summed E-state index contributed by atoms with van der Waals surface area (Å²) in [4.78, 5) is 21.6. The van der Waals surface area contributed by atoms with Crippen molar-refractivity contribution in [3.8, 4) is 0 Å². The van der Waals surface area contributed by atoms with Gasteiger partial charge in [0.25, 0.3) is 0 Å². The van der Waals surface area contributed by atoms with Crippen LogP contribution in [-0.2, 0) is 37.8 Å². The van der Waals surface area contributed by atoms with E-state index >= 15 is 0 Å². The molecule has 59 valence electrons. The molecule has 0 heterocycles. The Morgan fingerprint density at radius 1 is 1.12 bits per heavy atom. The Morgan fingerprint density at radius 3 is 1.12 bits per heavy atom. The molecular weight excluding hydrogens is 225 g/mol. The third-order valence-corrected chi connectivity index (χ3v) is 0. The van der Waals surface area contributed by atoms with Crippen LogP contribution in [0.4, 0.5) is 0 Å². The Morgan fingerprint density at radius 2 is 1.12 bits per heavy atom. The summed E-state index contributed by atoms with van der Waals surface area (Å²) in [6.07, 6.45) is 0. The van der Waals surface area contributed by atoms with Crippen molar-refractivity contribution in [1.29, 1.82) is 0 Å². The van der Waals surface area contributed by atoms with E-state index in [9.17, 15) is 0 Å². The Balaban J connectivity index is -0.0000000267.